The molecule has 2 aliphatic rings. The fourth-order valence-corrected chi connectivity index (χ4v) is 4.61. The van der Waals surface area contributed by atoms with Crippen LogP contribution in [0.25, 0.3) is 6.08 Å². The molecule has 1 aromatic rings. The molecule has 1 saturated heterocycles. The number of hydrogen-bond donors (Lipinski definition) is 1. The van der Waals surface area contributed by atoms with Crippen LogP contribution in [0.4, 0.5) is 0 Å². The Morgan fingerprint density at radius 2 is 2.12 bits per heavy atom. The first-order chi connectivity index (χ1) is 11.6. The number of aryl methyl sites for hydroxylation is 1. The summed E-state index contributed by atoms with van der Waals surface area (Å²) in [5, 5.41) is 6.19. The highest BCUT2D eigenvalue weighted by Crippen LogP contribution is 2.38. The van der Waals surface area contributed by atoms with E-state index in [1.807, 2.05) is 12.3 Å². The van der Waals surface area contributed by atoms with Gasteiger partial charge in [-0.25, -0.2) is 4.98 Å². The van der Waals surface area contributed by atoms with Gasteiger partial charge in [-0.2, -0.15) is 0 Å². The maximum absolute atomic E-state index is 12.3. The minimum atomic E-state index is -0.0345. The molecule has 3 rings (SSSR count). The number of morpholine rings is 1. The van der Waals surface area contributed by atoms with Crippen LogP contribution in [0.3, 0.4) is 0 Å². The Balaban J connectivity index is 1.63. The Hall–Kier alpha value is -1.24. The number of carbonyl (C=O) groups excluding carboxylic acids is 1. The SMILES string of the molecule is Cc1nc(C=CC(=O)NC(C)C2(N3CCOCC3)CCCC2)cs1. The highest BCUT2D eigenvalue weighted by molar-refractivity contribution is 7.09. The first-order valence-electron chi connectivity index (χ1n) is 8.84. The van der Waals surface area contributed by atoms with Gasteiger partial charge in [0.2, 0.25) is 5.91 Å². The van der Waals surface area contributed by atoms with E-state index >= 15 is 0 Å². The molecule has 1 aliphatic carbocycles. The number of rotatable bonds is 5. The van der Waals surface area contributed by atoms with Crippen molar-refractivity contribution in [2.45, 2.75) is 51.1 Å². The average molecular weight is 350 g/mol. The summed E-state index contributed by atoms with van der Waals surface area (Å²) in [6.07, 6.45) is 8.19. The zero-order valence-corrected chi connectivity index (χ0v) is 15.4. The average Bonchev–Trinajstić information content (AvgIpc) is 3.23. The standard InChI is InChI=1S/C18H27N3O2S/c1-14(19-17(22)6-5-16-13-24-15(2)20-16)18(7-3-4-8-18)21-9-11-23-12-10-21/h5-6,13-14H,3-4,7-12H2,1-2H3,(H,19,22). The van der Waals surface area contributed by atoms with E-state index in [2.05, 4.69) is 22.1 Å². The lowest BCUT2D eigenvalue weighted by Crippen LogP contribution is -2.62. The maximum atomic E-state index is 12.3. The molecule has 1 aromatic heterocycles. The number of carbonyl (C=O) groups is 1. The van der Waals surface area contributed by atoms with E-state index in [1.54, 1.807) is 23.5 Å². The smallest absolute Gasteiger partial charge is 0.244 e. The molecule has 2 fully saturated rings. The molecule has 24 heavy (non-hydrogen) atoms. The predicted molar refractivity (Wildman–Crippen MR) is 97.1 cm³/mol. The molecule has 1 aliphatic heterocycles. The third-order valence-electron chi connectivity index (χ3n) is 5.32. The molecule has 1 atom stereocenters. The summed E-state index contributed by atoms with van der Waals surface area (Å²) in [5.41, 5.74) is 0.939. The molecule has 0 aromatic carbocycles. The second kappa shape index (κ2) is 7.76. The first kappa shape index (κ1) is 17.6. The largest absolute Gasteiger partial charge is 0.379 e. The van der Waals surface area contributed by atoms with Gasteiger partial charge in [0.25, 0.3) is 0 Å². The molecule has 0 spiro atoms. The molecule has 0 radical (unpaired) electrons. The molecular weight excluding hydrogens is 322 g/mol. The van der Waals surface area contributed by atoms with Crippen molar-refractivity contribution in [2.24, 2.45) is 0 Å². The fourth-order valence-electron chi connectivity index (χ4n) is 4.03. The van der Waals surface area contributed by atoms with Gasteiger partial charge in [-0.1, -0.05) is 12.8 Å². The van der Waals surface area contributed by atoms with Crippen LogP contribution < -0.4 is 5.32 Å². The second-order valence-electron chi connectivity index (χ2n) is 6.77. The van der Waals surface area contributed by atoms with Crippen LogP contribution in [0.2, 0.25) is 0 Å². The fraction of sp³-hybridized carbons (Fsp3) is 0.667. The van der Waals surface area contributed by atoms with Gasteiger partial charge in [0.05, 0.1) is 23.9 Å². The lowest BCUT2D eigenvalue weighted by molar-refractivity contribution is -0.118. The van der Waals surface area contributed by atoms with Gasteiger partial charge in [0.1, 0.15) is 0 Å². The topological polar surface area (TPSA) is 54.5 Å². The van der Waals surface area contributed by atoms with Crippen LogP contribution >= 0.6 is 11.3 Å². The maximum Gasteiger partial charge on any atom is 0.244 e. The van der Waals surface area contributed by atoms with Gasteiger partial charge in [-0.15, -0.1) is 11.3 Å². The number of aromatic nitrogens is 1. The van der Waals surface area contributed by atoms with Crippen LogP contribution in [-0.4, -0.2) is 53.7 Å². The van der Waals surface area contributed by atoms with Gasteiger partial charge in [0, 0.05) is 36.1 Å². The molecule has 2 heterocycles. The summed E-state index contributed by atoms with van der Waals surface area (Å²) in [4.78, 5) is 19.2. The van der Waals surface area contributed by atoms with Crippen molar-refractivity contribution in [1.82, 2.24) is 15.2 Å². The van der Waals surface area contributed by atoms with Gasteiger partial charge >= 0.3 is 0 Å². The van der Waals surface area contributed by atoms with E-state index in [1.165, 1.54) is 12.8 Å². The Bertz CT molecular complexity index is 587. The van der Waals surface area contributed by atoms with Gasteiger partial charge in [0.15, 0.2) is 0 Å². The third kappa shape index (κ3) is 3.87. The molecule has 1 saturated carbocycles. The summed E-state index contributed by atoms with van der Waals surface area (Å²) in [7, 11) is 0. The number of nitrogens with one attached hydrogen (secondary N) is 1. The quantitative estimate of drug-likeness (QED) is 0.830. The molecule has 132 valence electrons. The Kier molecular flexibility index (Phi) is 5.69. The Morgan fingerprint density at radius 3 is 2.75 bits per heavy atom. The van der Waals surface area contributed by atoms with E-state index in [-0.39, 0.29) is 17.5 Å². The van der Waals surface area contributed by atoms with Crippen LogP contribution in [0, 0.1) is 6.92 Å². The second-order valence-corrected chi connectivity index (χ2v) is 7.83. The van der Waals surface area contributed by atoms with Crippen LogP contribution in [0.5, 0.6) is 0 Å². The molecule has 6 heteroatoms. The van der Waals surface area contributed by atoms with Crippen molar-refractivity contribution in [3.05, 3.63) is 22.2 Å². The summed E-state index contributed by atoms with van der Waals surface area (Å²) in [5.74, 6) is -0.0345. The van der Waals surface area contributed by atoms with Crippen LogP contribution in [-0.2, 0) is 9.53 Å². The van der Waals surface area contributed by atoms with Crippen LogP contribution in [0.15, 0.2) is 11.5 Å². The van der Waals surface area contributed by atoms with Crippen LogP contribution in [0.1, 0.15) is 43.3 Å². The molecule has 0 bridgehead atoms. The van der Waals surface area contributed by atoms with E-state index in [4.69, 9.17) is 4.74 Å². The minimum absolute atomic E-state index is 0.0345. The lowest BCUT2D eigenvalue weighted by Gasteiger charge is -2.47. The Morgan fingerprint density at radius 1 is 1.42 bits per heavy atom. The van der Waals surface area contributed by atoms with Crippen molar-refractivity contribution in [1.29, 1.82) is 0 Å². The number of amides is 1. The zero-order valence-electron chi connectivity index (χ0n) is 14.6. The number of hydrogen-bond acceptors (Lipinski definition) is 5. The monoisotopic (exact) mass is 349 g/mol. The molecule has 1 unspecified atom stereocenters. The normalized spacial score (nSPS) is 22.8. The van der Waals surface area contributed by atoms with Crippen molar-refractivity contribution in [3.63, 3.8) is 0 Å². The highest BCUT2D eigenvalue weighted by atomic mass is 32.1. The van der Waals surface area contributed by atoms with E-state index in [0.29, 0.717) is 0 Å². The van der Waals surface area contributed by atoms with E-state index < -0.39 is 0 Å². The Labute approximate surface area is 148 Å². The minimum Gasteiger partial charge on any atom is -0.379 e. The van der Waals surface area contributed by atoms with Crippen molar-refractivity contribution < 1.29 is 9.53 Å². The zero-order chi connectivity index (χ0) is 17.0. The first-order valence-corrected chi connectivity index (χ1v) is 9.72. The highest BCUT2D eigenvalue weighted by Gasteiger charge is 2.44. The summed E-state index contributed by atoms with van der Waals surface area (Å²) in [6.45, 7) is 7.65. The predicted octanol–water partition coefficient (Wildman–Crippen LogP) is 2.61. The van der Waals surface area contributed by atoms with E-state index in [9.17, 15) is 4.79 Å². The summed E-state index contributed by atoms with van der Waals surface area (Å²) < 4.78 is 5.51. The molecule has 1 amide bonds. The van der Waals surface area contributed by atoms with Crippen molar-refractivity contribution in [3.8, 4) is 0 Å². The van der Waals surface area contributed by atoms with Crippen molar-refractivity contribution >= 4 is 23.3 Å². The number of thiazole rings is 1. The number of ether oxygens (including phenoxy) is 1. The summed E-state index contributed by atoms with van der Waals surface area (Å²) >= 11 is 1.60. The molecule has 5 nitrogen and oxygen atoms in total. The van der Waals surface area contributed by atoms with Gasteiger partial charge in [-0.05, 0) is 32.8 Å². The van der Waals surface area contributed by atoms with Gasteiger partial charge in [-0.3, -0.25) is 9.69 Å². The molecular formula is C18H27N3O2S. The van der Waals surface area contributed by atoms with Crippen molar-refractivity contribution in [2.75, 3.05) is 26.3 Å². The van der Waals surface area contributed by atoms with Gasteiger partial charge < -0.3 is 10.1 Å². The lowest BCUT2D eigenvalue weighted by atomic mass is 9.86. The number of nitrogens with zero attached hydrogens (tertiary/aromatic N) is 2. The summed E-state index contributed by atoms with van der Waals surface area (Å²) in [6, 6.07) is 0.132. The molecule has 1 N–H and O–H groups in total. The third-order valence-corrected chi connectivity index (χ3v) is 6.11. The van der Waals surface area contributed by atoms with E-state index in [0.717, 1.165) is 49.8 Å².